The Morgan fingerprint density at radius 1 is 1.27 bits per heavy atom. The highest BCUT2D eigenvalue weighted by atomic mass is 16.2. The van der Waals surface area contributed by atoms with Gasteiger partial charge in [-0.1, -0.05) is 31.2 Å². The van der Waals surface area contributed by atoms with Gasteiger partial charge in [0, 0.05) is 13.1 Å². The van der Waals surface area contributed by atoms with E-state index >= 15 is 0 Å². The second-order valence-electron chi connectivity index (χ2n) is 3.77. The summed E-state index contributed by atoms with van der Waals surface area (Å²) in [4.78, 5) is 11.6. The maximum absolute atomic E-state index is 11.6. The van der Waals surface area contributed by atoms with Crippen LogP contribution in [0.15, 0.2) is 24.3 Å². The Labute approximate surface area is 89.9 Å². The van der Waals surface area contributed by atoms with Gasteiger partial charge in [0.05, 0.1) is 0 Å². The van der Waals surface area contributed by atoms with E-state index in [9.17, 15) is 4.79 Å². The lowest BCUT2D eigenvalue weighted by Crippen LogP contribution is -2.47. The highest BCUT2D eigenvalue weighted by Crippen LogP contribution is 2.15. The molecular formula is C12H16N2O. The average molecular weight is 204 g/mol. The molecule has 0 spiro atoms. The summed E-state index contributed by atoms with van der Waals surface area (Å²) in [7, 11) is 0. The van der Waals surface area contributed by atoms with E-state index in [1.54, 1.807) is 0 Å². The van der Waals surface area contributed by atoms with Crippen LogP contribution < -0.4 is 10.6 Å². The molecule has 1 heterocycles. The van der Waals surface area contributed by atoms with Crippen LogP contribution in [0.1, 0.15) is 24.1 Å². The van der Waals surface area contributed by atoms with E-state index in [4.69, 9.17) is 0 Å². The molecule has 15 heavy (non-hydrogen) atoms. The zero-order chi connectivity index (χ0) is 10.7. The van der Waals surface area contributed by atoms with Gasteiger partial charge in [0.25, 0.3) is 0 Å². The summed E-state index contributed by atoms with van der Waals surface area (Å²) in [5, 5.41) is 6.07. The molecule has 0 saturated carbocycles. The highest BCUT2D eigenvalue weighted by molar-refractivity contribution is 5.83. The normalized spacial score (nSPS) is 21.1. The zero-order valence-corrected chi connectivity index (χ0v) is 8.92. The number of hydrogen-bond acceptors (Lipinski definition) is 2. The first-order valence-corrected chi connectivity index (χ1v) is 5.41. The van der Waals surface area contributed by atoms with E-state index in [0.717, 1.165) is 25.1 Å². The molecule has 2 N–H and O–H groups in total. The van der Waals surface area contributed by atoms with Crippen molar-refractivity contribution < 1.29 is 4.79 Å². The van der Waals surface area contributed by atoms with E-state index in [2.05, 4.69) is 29.7 Å². The third-order valence-corrected chi connectivity index (χ3v) is 2.76. The minimum atomic E-state index is -0.176. The fraction of sp³-hybridized carbons (Fsp3) is 0.417. The van der Waals surface area contributed by atoms with E-state index in [1.807, 2.05) is 12.1 Å². The third-order valence-electron chi connectivity index (χ3n) is 2.76. The first-order chi connectivity index (χ1) is 7.31. The fourth-order valence-corrected chi connectivity index (χ4v) is 1.81. The topological polar surface area (TPSA) is 41.1 Å². The number of aryl methyl sites for hydroxylation is 1. The van der Waals surface area contributed by atoms with Crippen molar-refractivity contribution in [3.63, 3.8) is 0 Å². The number of carbonyl (C=O) groups is 1. The molecule has 1 aliphatic heterocycles. The number of benzene rings is 1. The Morgan fingerprint density at radius 3 is 2.60 bits per heavy atom. The standard InChI is InChI=1S/C12H16N2O/c1-2-9-3-5-10(6-4-9)11-12(15)14-8-7-13-11/h3-6,11,13H,2,7-8H2,1H3,(H,14,15)/t11-/m0/s1. The molecule has 1 aromatic carbocycles. The van der Waals surface area contributed by atoms with Crippen LogP contribution in [0.4, 0.5) is 0 Å². The van der Waals surface area contributed by atoms with Gasteiger partial charge < -0.3 is 10.6 Å². The minimum absolute atomic E-state index is 0.0745. The molecule has 0 unspecified atom stereocenters. The Kier molecular flexibility index (Phi) is 3.02. The van der Waals surface area contributed by atoms with Crippen LogP contribution in [0.3, 0.4) is 0 Å². The molecule has 0 radical (unpaired) electrons. The predicted octanol–water partition coefficient (Wildman–Crippen LogP) is 1.01. The molecule has 1 atom stereocenters. The summed E-state index contributed by atoms with van der Waals surface area (Å²) in [6, 6.07) is 8.05. The number of rotatable bonds is 2. The molecule has 0 bridgehead atoms. The lowest BCUT2D eigenvalue weighted by Gasteiger charge is -2.23. The number of amides is 1. The maximum Gasteiger partial charge on any atom is 0.241 e. The van der Waals surface area contributed by atoms with Gasteiger partial charge in [-0.05, 0) is 17.5 Å². The zero-order valence-electron chi connectivity index (χ0n) is 8.92. The summed E-state index contributed by atoms with van der Waals surface area (Å²) in [5.74, 6) is 0.0745. The molecule has 80 valence electrons. The molecule has 1 amide bonds. The molecular weight excluding hydrogens is 188 g/mol. The molecule has 1 aromatic rings. The maximum atomic E-state index is 11.6. The van der Waals surface area contributed by atoms with Gasteiger partial charge in [0.1, 0.15) is 6.04 Å². The van der Waals surface area contributed by atoms with Crippen molar-refractivity contribution in [2.24, 2.45) is 0 Å². The third kappa shape index (κ3) is 2.18. The van der Waals surface area contributed by atoms with Crippen LogP contribution in [0.25, 0.3) is 0 Å². The quantitative estimate of drug-likeness (QED) is 0.755. The molecule has 1 fully saturated rings. The van der Waals surface area contributed by atoms with E-state index < -0.39 is 0 Å². The van der Waals surface area contributed by atoms with Gasteiger partial charge in [-0.15, -0.1) is 0 Å². The Hall–Kier alpha value is -1.35. The van der Waals surface area contributed by atoms with Crippen LogP contribution >= 0.6 is 0 Å². The molecule has 0 aromatic heterocycles. The van der Waals surface area contributed by atoms with Gasteiger partial charge in [-0.25, -0.2) is 0 Å². The molecule has 2 rings (SSSR count). The highest BCUT2D eigenvalue weighted by Gasteiger charge is 2.22. The summed E-state index contributed by atoms with van der Waals surface area (Å²) >= 11 is 0. The monoisotopic (exact) mass is 204 g/mol. The lowest BCUT2D eigenvalue weighted by atomic mass is 10.0. The molecule has 0 aliphatic carbocycles. The second kappa shape index (κ2) is 4.45. The van der Waals surface area contributed by atoms with Crippen LogP contribution in [0, 0.1) is 0 Å². The fourth-order valence-electron chi connectivity index (χ4n) is 1.81. The van der Waals surface area contributed by atoms with Crippen LogP contribution in [-0.2, 0) is 11.2 Å². The van der Waals surface area contributed by atoms with Crippen LogP contribution in [-0.4, -0.2) is 19.0 Å². The molecule has 1 saturated heterocycles. The predicted molar refractivity (Wildman–Crippen MR) is 59.6 cm³/mol. The molecule has 3 nitrogen and oxygen atoms in total. The smallest absolute Gasteiger partial charge is 0.241 e. The lowest BCUT2D eigenvalue weighted by molar-refractivity contribution is -0.124. The first-order valence-electron chi connectivity index (χ1n) is 5.41. The summed E-state index contributed by atoms with van der Waals surface area (Å²) in [6.07, 6.45) is 1.03. The Bertz CT molecular complexity index is 345. The van der Waals surface area contributed by atoms with Gasteiger partial charge in [0.15, 0.2) is 0 Å². The Morgan fingerprint density at radius 2 is 2.00 bits per heavy atom. The van der Waals surface area contributed by atoms with Gasteiger partial charge in [-0.3, -0.25) is 4.79 Å². The summed E-state index contributed by atoms with van der Waals surface area (Å²) in [6.45, 7) is 3.69. The Balaban J connectivity index is 2.17. The van der Waals surface area contributed by atoms with Gasteiger partial charge >= 0.3 is 0 Å². The molecule has 3 heteroatoms. The summed E-state index contributed by atoms with van der Waals surface area (Å²) in [5.41, 5.74) is 2.35. The SMILES string of the molecule is CCc1ccc([C@@H]2NCCNC2=O)cc1. The van der Waals surface area contributed by atoms with Crippen molar-refractivity contribution >= 4 is 5.91 Å². The molecule has 1 aliphatic rings. The average Bonchev–Trinajstić information content (AvgIpc) is 2.30. The van der Waals surface area contributed by atoms with Crippen molar-refractivity contribution in [1.82, 2.24) is 10.6 Å². The largest absolute Gasteiger partial charge is 0.353 e. The van der Waals surface area contributed by atoms with Crippen molar-refractivity contribution in [1.29, 1.82) is 0 Å². The van der Waals surface area contributed by atoms with Gasteiger partial charge in [0.2, 0.25) is 5.91 Å². The number of hydrogen-bond donors (Lipinski definition) is 2. The van der Waals surface area contributed by atoms with E-state index in [-0.39, 0.29) is 11.9 Å². The van der Waals surface area contributed by atoms with Crippen molar-refractivity contribution in [2.45, 2.75) is 19.4 Å². The van der Waals surface area contributed by atoms with E-state index in [1.165, 1.54) is 5.56 Å². The van der Waals surface area contributed by atoms with Crippen molar-refractivity contribution in [2.75, 3.05) is 13.1 Å². The summed E-state index contributed by atoms with van der Waals surface area (Å²) < 4.78 is 0. The second-order valence-corrected chi connectivity index (χ2v) is 3.77. The number of nitrogens with one attached hydrogen (secondary N) is 2. The van der Waals surface area contributed by atoms with Gasteiger partial charge in [-0.2, -0.15) is 0 Å². The van der Waals surface area contributed by atoms with E-state index in [0.29, 0.717) is 0 Å². The van der Waals surface area contributed by atoms with Crippen LogP contribution in [0.5, 0.6) is 0 Å². The van der Waals surface area contributed by atoms with Crippen LogP contribution in [0.2, 0.25) is 0 Å². The number of carbonyl (C=O) groups excluding carboxylic acids is 1. The number of piperazine rings is 1. The minimum Gasteiger partial charge on any atom is -0.353 e. The van der Waals surface area contributed by atoms with Crippen molar-refractivity contribution in [3.05, 3.63) is 35.4 Å². The van der Waals surface area contributed by atoms with Crippen molar-refractivity contribution in [3.8, 4) is 0 Å². The first kappa shape index (κ1) is 10.2.